The van der Waals surface area contributed by atoms with Crippen LogP contribution in [-0.2, 0) is 14.3 Å². The van der Waals surface area contributed by atoms with E-state index in [0.29, 0.717) is 30.0 Å². The summed E-state index contributed by atoms with van der Waals surface area (Å²) in [5, 5.41) is 13.7. The number of carbonyl (C=O) groups excluding carboxylic acids is 2. The lowest BCUT2D eigenvalue weighted by Crippen LogP contribution is -3.08. The minimum Gasteiger partial charge on any atom is -0.418 e. The molecule has 2 saturated heterocycles. The standard InChI is InChI=1S/C21H31N3O4/c1-20(2,3)9-21(27)11-8-15-16-14(24(15)18(25)17(11)28-19(21)26)7-10-12(22)5-4-6-13(10)23-16/h10,12-16,23,27H,4-9,22H2,1-3H3/p+1. The Bertz CT molecular complexity index is 772. The van der Waals surface area contributed by atoms with Crippen molar-refractivity contribution in [3.8, 4) is 0 Å². The van der Waals surface area contributed by atoms with E-state index >= 15 is 0 Å². The number of carbonyl (C=O) groups is 2. The fourth-order valence-electron chi connectivity index (χ4n) is 6.58. The van der Waals surface area contributed by atoms with Gasteiger partial charge in [-0.05, 0) is 37.5 Å². The number of ether oxygens (including phenoxy) is 1. The fourth-order valence-corrected chi connectivity index (χ4v) is 6.58. The number of aliphatic hydroxyl groups is 1. The predicted octanol–water partition coefficient (Wildman–Crippen LogP) is -0.221. The normalized spacial score (nSPS) is 45.0. The molecular weight excluding hydrogens is 358 g/mol. The van der Waals surface area contributed by atoms with Crippen LogP contribution in [0.15, 0.2) is 11.3 Å². The Morgan fingerprint density at radius 2 is 2.04 bits per heavy atom. The van der Waals surface area contributed by atoms with Crippen LogP contribution in [0.25, 0.3) is 0 Å². The summed E-state index contributed by atoms with van der Waals surface area (Å²) in [5.41, 5.74) is 4.96. The molecule has 0 aromatic carbocycles. The van der Waals surface area contributed by atoms with Crippen molar-refractivity contribution in [2.75, 3.05) is 0 Å². The third-order valence-corrected chi connectivity index (χ3v) is 7.70. The quantitative estimate of drug-likeness (QED) is 0.536. The Morgan fingerprint density at radius 3 is 2.75 bits per heavy atom. The summed E-state index contributed by atoms with van der Waals surface area (Å²) >= 11 is 0. The molecule has 5 N–H and O–H groups in total. The Kier molecular flexibility index (Phi) is 3.85. The van der Waals surface area contributed by atoms with Crippen LogP contribution >= 0.6 is 0 Å². The number of piperidine rings is 1. The van der Waals surface area contributed by atoms with Crippen LogP contribution in [0, 0.1) is 11.3 Å². The Hall–Kier alpha value is -1.44. The molecule has 28 heavy (non-hydrogen) atoms. The van der Waals surface area contributed by atoms with E-state index in [1.54, 1.807) is 0 Å². The maximum atomic E-state index is 13.2. The summed E-state index contributed by atoms with van der Waals surface area (Å²) in [6.07, 6.45) is 5.16. The molecule has 7 heteroatoms. The molecule has 0 spiro atoms. The smallest absolute Gasteiger partial charge is 0.348 e. The molecule has 1 amide bonds. The first-order valence-corrected chi connectivity index (χ1v) is 10.7. The van der Waals surface area contributed by atoms with E-state index in [1.165, 1.54) is 12.8 Å². The van der Waals surface area contributed by atoms with Gasteiger partial charge in [-0.1, -0.05) is 20.8 Å². The molecule has 1 aliphatic carbocycles. The second-order valence-corrected chi connectivity index (χ2v) is 10.8. The Balaban J connectivity index is 1.44. The van der Waals surface area contributed by atoms with Gasteiger partial charge in [-0.3, -0.25) is 4.79 Å². The van der Waals surface area contributed by atoms with Crippen LogP contribution in [0.3, 0.4) is 0 Å². The lowest BCUT2D eigenvalue weighted by molar-refractivity contribution is -0.760. The molecule has 0 bridgehead atoms. The second-order valence-electron chi connectivity index (χ2n) is 10.8. The van der Waals surface area contributed by atoms with Crippen molar-refractivity contribution < 1.29 is 24.7 Å². The zero-order chi connectivity index (χ0) is 20.0. The van der Waals surface area contributed by atoms with E-state index in [-0.39, 0.29) is 41.6 Å². The van der Waals surface area contributed by atoms with E-state index in [9.17, 15) is 14.7 Å². The second kappa shape index (κ2) is 5.80. The van der Waals surface area contributed by atoms with Gasteiger partial charge in [0.25, 0.3) is 5.91 Å². The number of esters is 1. The number of quaternary nitrogens is 1. The van der Waals surface area contributed by atoms with Gasteiger partial charge in [0.15, 0.2) is 11.4 Å². The van der Waals surface area contributed by atoms with Gasteiger partial charge in [-0.2, -0.15) is 0 Å². The number of nitrogens with two attached hydrogens (primary N) is 2. The van der Waals surface area contributed by atoms with E-state index in [1.807, 2.05) is 25.7 Å². The van der Waals surface area contributed by atoms with Crippen molar-refractivity contribution in [2.24, 2.45) is 17.1 Å². The van der Waals surface area contributed by atoms with E-state index in [0.717, 1.165) is 12.8 Å². The average molecular weight is 391 g/mol. The van der Waals surface area contributed by atoms with Crippen LogP contribution in [0.5, 0.6) is 0 Å². The third kappa shape index (κ3) is 2.45. The van der Waals surface area contributed by atoms with Crippen LogP contribution in [0.4, 0.5) is 0 Å². The molecule has 7 nitrogen and oxygen atoms in total. The SMILES string of the molecule is CC(C)(C)CC1(O)C(=O)OC2=C1CC1C3[NH2+]C4CCCC(N)C4CC3N1C2=O. The maximum Gasteiger partial charge on any atom is 0.348 e. The van der Waals surface area contributed by atoms with Crippen LogP contribution in [0.1, 0.15) is 59.3 Å². The molecule has 3 fully saturated rings. The number of hydrogen-bond acceptors (Lipinski definition) is 5. The monoisotopic (exact) mass is 390 g/mol. The van der Waals surface area contributed by atoms with E-state index in [2.05, 4.69) is 5.32 Å². The van der Waals surface area contributed by atoms with Gasteiger partial charge in [-0.15, -0.1) is 0 Å². The molecule has 1 saturated carbocycles. The molecule has 0 radical (unpaired) electrons. The third-order valence-electron chi connectivity index (χ3n) is 7.70. The minimum absolute atomic E-state index is 0.0383. The Morgan fingerprint density at radius 1 is 1.29 bits per heavy atom. The van der Waals surface area contributed by atoms with E-state index in [4.69, 9.17) is 10.5 Å². The molecule has 5 rings (SSSR count). The first-order valence-electron chi connectivity index (χ1n) is 10.7. The lowest BCUT2D eigenvalue weighted by Gasteiger charge is -2.60. The van der Waals surface area contributed by atoms with Crippen LogP contribution in [-0.4, -0.2) is 57.7 Å². The van der Waals surface area contributed by atoms with Crippen molar-refractivity contribution in [1.29, 1.82) is 0 Å². The molecule has 7 unspecified atom stereocenters. The molecule has 0 aromatic rings. The van der Waals surface area contributed by atoms with Crippen molar-refractivity contribution >= 4 is 11.9 Å². The molecule has 154 valence electrons. The zero-order valence-electron chi connectivity index (χ0n) is 17.0. The highest BCUT2D eigenvalue weighted by Gasteiger charge is 2.66. The molecule has 4 aliphatic heterocycles. The van der Waals surface area contributed by atoms with Gasteiger partial charge in [0.05, 0.1) is 18.1 Å². The summed E-state index contributed by atoms with van der Waals surface area (Å²) in [6, 6.07) is 1.28. The van der Waals surface area contributed by atoms with E-state index < -0.39 is 11.6 Å². The number of fused-ring (bicyclic) bond motifs is 5. The molecule has 7 atom stereocenters. The zero-order valence-corrected chi connectivity index (χ0v) is 17.0. The first-order chi connectivity index (χ1) is 13.1. The van der Waals surface area contributed by atoms with Crippen molar-refractivity contribution in [1.82, 2.24) is 4.90 Å². The van der Waals surface area contributed by atoms with Crippen LogP contribution < -0.4 is 11.1 Å². The number of amides is 1. The molecular formula is C21H32N3O4+. The summed E-state index contributed by atoms with van der Waals surface area (Å²) in [7, 11) is 0. The Labute approximate surface area is 165 Å². The summed E-state index contributed by atoms with van der Waals surface area (Å²) in [5.74, 6) is -0.377. The number of hydrogen-bond donors (Lipinski definition) is 3. The van der Waals surface area contributed by atoms with Crippen molar-refractivity contribution in [3.63, 3.8) is 0 Å². The summed E-state index contributed by atoms with van der Waals surface area (Å²) < 4.78 is 5.36. The summed E-state index contributed by atoms with van der Waals surface area (Å²) in [6.45, 7) is 5.94. The average Bonchev–Trinajstić information content (AvgIpc) is 2.83. The van der Waals surface area contributed by atoms with Crippen molar-refractivity contribution in [2.45, 2.75) is 95.1 Å². The number of rotatable bonds is 1. The number of nitrogens with zero attached hydrogens (tertiary/aromatic N) is 1. The minimum atomic E-state index is -1.68. The van der Waals surface area contributed by atoms with Gasteiger partial charge in [0.1, 0.15) is 6.04 Å². The first kappa shape index (κ1) is 18.6. The van der Waals surface area contributed by atoms with Crippen LogP contribution in [0.2, 0.25) is 0 Å². The van der Waals surface area contributed by atoms with Gasteiger partial charge in [0, 0.05) is 24.0 Å². The van der Waals surface area contributed by atoms with Gasteiger partial charge < -0.3 is 25.8 Å². The predicted molar refractivity (Wildman–Crippen MR) is 101 cm³/mol. The van der Waals surface area contributed by atoms with Crippen molar-refractivity contribution in [3.05, 3.63) is 11.3 Å². The highest BCUT2D eigenvalue weighted by molar-refractivity contribution is 6.03. The molecule has 5 aliphatic rings. The maximum absolute atomic E-state index is 13.2. The molecule has 4 heterocycles. The topological polar surface area (TPSA) is 109 Å². The van der Waals surface area contributed by atoms with Gasteiger partial charge in [0.2, 0.25) is 0 Å². The highest BCUT2D eigenvalue weighted by atomic mass is 16.6. The fraction of sp³-hybridized carbons (Fsp3) is 0.810. The highest BCUT2D eigenvalue weighted by Crippen LogP contribution is 2.49. The largest absolute Gasteiger partial charge is 0.418 e. The van der Waals surface area contributed by atoms with Gasteiger partial charge >= 0.3 is 5.97 Å². The lowest BCUT2D eigenvalue weighted by atomic mass is 9.65. The summed E-state index contributed by atoms with van der Waals surface area (Å²) in [4.78, 5) is 27.7. The molecule has 0 aromatic heterocycles. The van der Waals surface area contributed by atoms with Gasteiger partial charge in [-0.25, -0.2) is 4.79 Å².